The Labute approximate surface area is 145 Å². The van der Waals surface area contributed by atoms with Crippen molar-refractivity contribution in [2.45, 2.75) is 27.7 Å². The number of nitrogens with one attached hydrogen (secondary N) is 1. The number of rotatable bonds is 6. The van der Waals surface area contributed by atoms with E-state index in [9.17, 15) is 9.59 Å². The molecule has 0 aliphatic rings. The maximum Gasteiger partial charge on any atom is 0.341 e. The lowest BCUT2D eigenvalue weighted by atomic mass is 10.1. The monoisotopic (exact) mass is 347 g/mol. The van der Waals surface area contributed by atoms with Crippen molar-refractivity contribution in [2.75, 3.05) is 18.5 Å². The standard InChI is InChI=1S/C18H21NO4S/c1-11-7-5-6-8-15(11)22-9-10-23-18(21)16-12(2)13(3)24-17(16)19-14(4)20/h5-8H,9-10H2,1-4H3,(H,19,20). The molecule has 0 unspecified atom stereocenters. The van der Waals surface area contributed by atoms with Crippen LogP contribution in [0.5, 0.6) is 5.75 Å². The van der Waals surface area contributed by atoms with Gasteiger partial charge in [0.2, 0.25) is 5.91 Å². The molecule has 1 amide bonds. The Morgan fingerprint density at radius 3 is 2.50 bits per heavy atom. The Morgan fingerprint density at radius 1 is 1.12 bits per heavy atom. The van der Waals surface area contributed by atoms with Crippen molar-refractivity contribution < 1.29 is 19.1 Å². The zero-order valence-corrected chi connectivity index (χ0v) is 15.1. The van der Waals surface area contributed by atoms with Crippen LogP contribution < -0.4 is 10.1 Å². The lowest BCUT2D eigenvalue weighted by Gasteiger charge is -2.10. The minimum atomic E-state index is -0.450. The fourth-order valence-electron chi connectivity index (χ4n) is 2.20. The van der Waals surface area contributed by atoms with Gasteiger partial charge in [-0.1, -0.05) is 18.2 Å². The van der Waals surface area contributed by atoms with Gasteiger partial charge >= 0.3 is 5.97 Å². The summed E-state index contributed by atoms with van der Waals surface area (Å²) in [5.74, 6) is 0.109. The summed E-state index contributed by atoms with van der Waals surface area (Å²) in [6.45, 7) is 7.53. The minimum Gasteiger partial charge on any atom is -0.490 e. The Kier molecular flexibility index (Phi) is 5.98. The first kappa shape index (κ1) is 18.0. The summed E-state index contributed by atoms with van der Waals surface area (Å²) in [5, 5.41) is 3.22. The zero-order valence-electron chi connectivity index (χ0n) is 14.3. The molecule has 0 bridgehead atoms. The Balaban J connectivity index is 1.95. The van der Waals surface area contributed by atoms with E-state index in [2.05, 4.69) is 5.32 Å². The van der Waals surface area contributed by atoms with Gasteiger partial charge in [0.15, 0.2) is 0 Å². The molecule has 5 nitrogen and oxygen atoms in total. The molecule has 24 heavy (non-hydrogen) atoms. The number of aryl methyl sites for hydroxylation is 2. The number of hydrogen-bond donors (Lipinski definition) is 1. The second-order valence-corrected chi connectivity index (χ2v) is 6.64. The van der Waals surface area contributed by atoms with Crippen molar-refractivity contribution in [3.05, 3.63) is 45.8 Å². The number of ether oxygens (including phenoxy) is 2. The highest BCUT2D eigenvalue weighted by Crippen LogP contribution is 2.32. The normalized spacial score (nSPS) is 10.3. The highest BCUT2D eigenvalue weighted by molar-refractivity contribution is 7.16. The molecular weight excluding hydrogens is 326 g/mol. The number of esters is 1. The van der Waals surface area contributed by atoms with E-state index in [1.807, 2.05) is 45.0 Å². The quantitative estimate of drug-likeness (QED) is 0.636. The molecule has 1 heterocycles. The number of anilines is 1. The van der Waals surface area contributed by atoms with E-state index in [4.69, 9.17) is 9.47 Å². The van der Waals surface area contributed by atoms with Gasteiger partial charge in [-0.05, 0) is 38.0 Å². The molecule has 1 aromatic heterocycles. The van der Waals surface area contributed by atoms with Crippen LogP contribution in [0, 0.1) is 20.8 Å². The van der Waals surface area contributed by atoms with E-state index in [0.29, 0.717) is 10.6 Å². The largest absolute Gasteiger partial charge is 0.490 e. The van der Waals surface area contributed by atoms with Gasteiger partial charge in [-0.15, -0.1) is 11.3 Å². The van der Waals surface area contributed by atoms with Crippen LogP contribution in [-0.4, -0.2) is 25.1 Å². The first-order chi connectivity index (χ1) is 11.4. The van der Waals surface area contributed by atoms with Crippen LogP contribution in [0.4, 0.5) is 5.00 Å². The SMILES string of the molecule is CC(=O)Nc1sc(C)c(C)c1C(=O)OCCOc1ccccc1C. The van der Waals surface area contributed by atoms with Crippen molar-refractivity contribution in [3.8, 4) is 5.75 Å². The molecule has 0 spiro atoms. The molecule has 2 aromatic rings. The van der Waals surface area contributed by atoms with E-state index in [0.717, 1.165) is 21.8 Å². The number of thiophene rings is 1. The predicted molar refractivity (Wildman–Crippen MR) is 95.1 cm³/mol. The van der Waals surface area contributed by atoms with E-state index >= 15 is 0 Å². The minimum absolute atomic E-state index is 0.140. The van der Waals surface area contributed by atoms with Crippen molar-refractivity contribution in [1.29, 1.82) is 0 Å². The fraction of sp³-hybridized carbons (Fsp3) is 0.333. The van der Waals surface area contributed by atoms with Crippen molar-refractivity contribution in [3.63, 3.8) is 0 Å². The first-order valence-electron chi connectivity index (χ1n) is 7.63. The van der Waals surface area contributed by atoms with Crippen LogP contribution in [0.15, 0.2) is 24.3 Å². The van der Waals surface area contributed by atoms with Crippen LogP contribution in [-0.2, 0) is 9.53 Å². The topological polar surface area (TPSA) is 64.6 Å². The summed E-state index contributed by atoms with van der Waals surface area (Å²) in [6, 6.07) is 7.66. The van der Waals surface area contributed by atoms with Gasteiger partial charge in [-0.2, -0.15) is 0 Å². The van der Waals surface area contributed by atoms with Gasteiger partial charge in [0.25, 0.3) is 0 Å². The van der Waals surface area contributed by atoms with E-state index < -0.39 is 5.97 Å². The van der Waals surface area contributed by atoms with Gasteiger partial charge in [-0.3, -0.25) is 4.79 Å². The van der Waals surface area contributed by atoms with Crippen LogP contribution in [0.2, 0.25) is 0 Å². The molecule has 128 valence electrons. The Hall–Kier alpha value is -2.34. The number of amides is 1. The third-order valence-corrected chi connectivity index (χ3v) is 4.67. The molecule has 0 aliphatic carbocycles. The van der Waals surface area contributed by atoms with Crippen LogP contribution in [0.25, 0.3) is 0 Å². The van der Waals surface area contributed by atoms with E-state index in [1.54, 1.807) is 0 Å². The van der Waals surface area contributed by atoms with Crippen LogP contribution >= 0.6 is 11.3 Å². The third-order valence-electron chi connectivity index (χ3n) is 3.55. The smallest absolute Gasteiger partial charge is 0.341 e. The molecule has 1 aromatic carbocycles. The summed E-state index contributed by atoms with van der Waals surface area (Å²) in [7, 11) is 0. The van der Waals surface area contributed by atoms with Gasteiger partial charge in [0.05, 0.1) is 5.56 Å². The molecule has 0 radical (unpaired) electrons. The number of hydrogen-bond acceptors (Lipinski definition) is 5. The molecule has 0 saturated heterocycles. The zero-order chi connectivity index (χ0) is 17.7. The second kappa shape index (κ2) is 7.97. The lowest BCUT2D eigenvalue weighted by Crippen LogP contribution is -2.15. The summed E-state index contributed by atoms with van der Waals surface area (Å²) < 4.78 is 10.9. The highest BCUT2D eigenvalue weighted by atomic mass is 32.1. The number of para-hydroxylation sites is 1. The maximum atomic E-state index is 12.3. The molecular formula is C18H21NO4S. The summed E-state index contributed by atoms with van der Waals surface area (Å²) in [4.78, 5) is 24.6. The molecule has 0 saturated carbocycles. The number of carbonyl (C=O) groups is 2. The summed E-state index contributed by atoms with van der Waals surface area (Å²) >= 11 is 1.37. The van der Waals surface area contributed by atoms with Gasteiger partial charge < -0.3 is 14.8 Å². The average Bonchev–Trinajstić information content (AvgIpc) is 2.79. The van der Waals surface area contributed by atoms with Gasteiger partial charge in [-0.25, -0.2) is 4.79 Å². The molecule has 0 aliphatic heterocycles. The fourth-order valence-corrected chi connectivity index (χ4v) is 3.29. The summed E-state index contributed by atoms with van der Waals surface area (Å²) in [5.41, 5.74) is 2.28. The predicted octanol–water partition coefficient (Wildman–Crippen LogP) is 3.87. The molecule has 6 heteroatoms. The number of carbonyl (C=O) groups excluding carboxylic acids is 2. The van der Waals surface area contributed by atoms with Gasteiger partial charge in [0, 0.05) is 11.8 Å². The van der Waals surface area contributed by atoms with Crippen molar-refractivity contribution in [1.82, 2.24) is 0 Å². The molecule has 1 N–H and O–H groups in total. The highest BCUT2D eigenvalue weighted by Gasteiger charge is 2.21. The van der Waals surface area contributed by atoms with Crippen LogP contribution in [0.3, 0.4) is 0 Å². The van der Waals surface area contributed by atoms with Crippen molar-refractivity contribution >= 4 is 28.2 Å². The summed E-state index contributed by atoms with van der Waals surface area (Å²) in [6.07, 6.45) is 0. The lowest BCUT2D eigenvalue weighted by molar-refractivity contribution is -0.114. The Morgan fingerprint density at radius 2 is 1.83 bits per heavy atom. The van der Waals surface area contributed by atoms with Crippen molar-refractivity contribution in [2.24, 2.45) is 0 Å². The third kappa shape index (κ3) is 4.35. The number of benzene rings is 1. The average molecular weight is 347 g/mol. The van der Waals surface area contributed by atoms with E-state index in [1.165, 1.54) is 18.3 Å². The van der Waals surface area contributed by atoms with Gasteiger partial charge in [0.1, 0.15) is 24.0 Å². The Bertz CT molecular complexity index is 751. The molecule has 0 fully saturated rings. The first-order valence-corrected chi connectivity index (χ1v) is 8.45. The van der Waals surface area contributed by atoms with E-state index in [-0.39, 0.29) is 19.1 Å². The maximum absolute atomic E-state index is 12.3. The molecule has 0 atom stereocenters. The van der Waals surface area contributed by atoms with Crippen LogP contribution in [0.1, 0.15) is 33.3 Å². The molecule has 2 rings (SSSR count). The second-order valence-electron chi connectivity index (χ2n) is 5.42.